The minimum atomic E-state index is -4.54. The van der Waals surface area contributed by atoms with E-state index in [-0.39, 0.29) is 11.8 Å². The zero-order valence-corrected chi connectivity index (χ0v) is 12.0. The lowest BCUT2D eigenvalue weighted by molar-refractivity contribution is -0.141. The van der Waals surface area contributed by atoms with Gasteiger partial charge in [-0.1, -0.05) is 6.07 Å². The van der Waals surface area contributed by atoms with Gasteiger partial charge in [-0.05, 0) is 17.9 Å². The van der Waals surface area contributed by atoms with Gasteiger partial charge in [0.15, 0.2) is 5.69 Å². The largest absolute Gasteiger partial charge is 0.433 e. The summed E-state index contributed by atoms with van der Waals surface area (Å²) < 4.78 is 38.3. The van der Waals surface area contributed by atoms with Crippen LogP contribution in [0.5, 0.6) is 0 Å². The summed E-state index contributed by atoms with van der Waals surface area (Å²) in [6, 6.07) is 4.82. The van der Waals surface area contributed by atoms with Gasteiger partial charge in [0.2, 0.25) is 5.95 Å². The lowest BCUT2D eigenvalue weighted by Gasteiger charge is -2.19. The molecule has 0 aliphatic rings. The van der Waals surface area contributed by atoms with E-state index < -0.39 is 11.9 Å². The smallest absolute Gasteiger partial charge is 0.359 e. The van der Waals surface area contributed by atoms with E-state index in [0.717, 1.165) is 17.4 Å². The van der Waals surface area contributed by atoms with Crippen molar-refractivity contribution in [2.24, 2.45) is 5.84 Å². The first-order valence-corrected chi connectivity index (χ1v) is 6.94. The number of anilines is 2. The lowest BCUT2D eigenvalue weighted by Crippen LogP contribution is -2.24. The van der Waals surface area contributed by atoms with E-state index in [2.05, 4.69) is 15.4 Å². The van der Waals surface area contributed by atoms with Crippen molar-refractivity contribution in [2.75, 3.05) is 23.9 Å². The van der Waals surface area contributed by atoms with Crippen LogP contribution in [0, 0.1) is 0 Å². The van der Waals surface area contributed by atoms with Crippen LogP contribution in [0.4, 0.5) is 24.9 Å². The molecule has 0 fully saturated rings. The summed E-state index contributed by atoms with van der Waals surface area (Å²) in [5.74, 6) is 5.03. The molecule has 0 atom stereocenters. The van der Waals surface area contributed by atoms with Crippen LogP contribution in [0.1, 0.15) is 10.6 Å². The van der Waals surface area contributed by atoms with Gasteiger partial charge in [0.1, 0.15) is 5.82 Å². The Labute approximate surface area is 123 Å². The highest BCUT2D eigenvalue weighted by atomic mass is 32.1. The summed E-state index contributed by atoms with van der Waals surface area (Å²) in [6.45, 7) is 0.541. The lowest BCUT2D eigenvalue weighted by atomic mass is 10.3. The van der Waals surface area contributed by atoms with Gasteiger partial charge in [-0.3, -0.25) is 5.43 Å². The summed E-state index contributed by atoms with van der Waals surface area (Å²) in [5.41, 5.74) is 1.03. The molecule has 114 valence electrons. The monoisotopic (exact) mass is 317 g/mol. The molecule has 5 nitrogen and oxygen atoms in total. The van der Waals surface area contributed by atoms with Crippen LogP contribution >= 0.6 is 11.3 Å². The van der Waals surface area contributed by atoms with Crippen molar-refractivity contribution in [2.45, 2.75) is 12.6 Å². The number of nitrogens with two attached hydrogens (primary N) is 1. The summed E-state index contributed by atoms with van der Waals surface area (Å²) in [4.78, 5) is 10.1. The first-order chi connectivity index (χ1) is 9.90. The number of aromatic nitrogens is 2. The second-order valence-corrected chi connectivity index (χ2v) is 5.36. The van der Waals surface area contributed by atoms with E-state index in [1.165, 1.54) is 0 Å². The molecular formula is C12H14F3N5S. The number of thiophene rings is 1. The van der Waals surface area contributed by atoms with E-state index >= 15 is 0 Å². The van der Waals surface area contributed by atoms with Gasteiger partial charge in [-0.25, -0.2) is 10.8 Å². The third-order valence-corrected chi connectivity index (χ3v) is 3.73. The molecule has 0 saturated heterocycles. The highest BCUT2D eigenvalue weighted by Gasteiger charge is 2.34. The van der Waals surface area contributed by atoms with Crippen LogP contribution in [0.15, 0.2) is 23.6 Å². The highest BCUT2D eigenvalue weighted by molar-refractivity contribution is 7.09. The number of hydrogen-bond acceptors (Lipinski definition) is 6. The van der Waals surface area contributed by atoms with E-state index in [9.17, 15) is 13.2 Å². The van der Waals surface area contributed by atoms with E-state index in [1.54, 1.807) is 23.3 Å². The van der Waals surface area contributed by atoms with E-state index in [4.69, 9.17) is 5.84 Å². The van der Waals surface area contributed by atoms with Crippen LogP contribution in [-0.2, 0) is 12.6 Å². The molecule has 0 amide bonds. The Morgan fingerprint density at radius 1 is 1.38 bits per heavy atom. The van der Waals surface area contributed by atoms with Crippen molar-refractivity contribution >= 4 is 23.1 Å². The maximum Gasteiger partial charge on any atom is 0.433 e. The second kappa shape index (κ2) is 6.27. The first-order valence-electron chi connectivity index (χ1n) is 6.06. The number of nitrogen functional groups attached to an aromatic ring is 1. The first kappa shape index (κ1) is 15.5. The topological polar surface area (TPSA) is 67.1 Å². The number of hydrazine groups is 1. The average Bonchev–Trinajstić information content (AvgIpc) is 2.96. The van der Waals surface area contributed by atoms with E-state index in [1.807, 2.05) is 17.5 Å². The second-order valence-electron chi connectivity index (χ2n) is 4.33. The van der Waals surface area contributed by atoms with Gasteiger partial charge in [-0.2, -0.15) is 18.2 Å². The van der Waals surface area contributed by atoms with Crippen LogP contribution < -0.4 is 16.2 Å². The average molecular weight is 317 g/mol. The number of nitrogens with one attached hydrogen (secondary N) is 1. The number of nitrogens with zero attached hydrogens (tertiary/aromatic N) is 3. The third-order valence-electron chi connectivity index (χ3n) is 2.80. The number of likely N-dealkylation sites (N-methyl/N-ethyl adjacent to an activating group) is 1. The number of alkyl halides is 3. The Balaban J connectivity index is 2.17. The molecule has 2 heterocycles. The summed E-state index contributed by atoms with van der Waals surface area (Å²) in [5, 5.41) is 1.96. The fraction of sp³-hybridized carbons (Fsp3) is 0.333. The van der Waals surface area contributed by atoms with Crippen molar-refractivity contribution in [1.82, 2.24) is 9.97 Å². The zero-order valence-electron chi connectivity index (χ0n) is 11.2. The van der Waals surface area contributed by atoms with Crippen LogP contribution in [0.2, 0.25) is 0 Å². The maximum atomic E-state index is 12.8. The molecule has 0 bridgehead atoms. The normalized spacial score (nSPS) is 11.5. The van der Waals surface area contributed by atoms with Crippen molar-refractivity contribution < 1.29 is 13.2 Å². The molecule has 0 aliphatic heterocycles. The molecule has 2 aromatic rings. The van der Waals surface area contributed by atoms with Gasteiger partial charge in [0, 0.05) is 24.5 Å². The molecule has 0 radical (unpaired) electrons. The molecule has 0 unspecified atom stereocenters. The molecule has 0 aliphatic carbocycles. The van der Waals surface area contributed by atoms with Gasteiger partial charge < -0.3 is 4.90 Å². The van der Waals surface area contributed by atoms with Crippen LogP contribution in [-0.4, -0.2) is 23.6 Å². The number of hydrogen-bond donors (Lipinski definition) is 2. The maximum absolute atomic E-state index is 12.8. The molecule has 0 spiro atoms. The van der Waals surface area contributed by atoms with Gasteiger partial charge >= 0.3 is 6.18 Å². The van der Waals surface area contributed by atoms with Crippen molar-refractivity contribution in [3.05, 3.63) is 34.2 Å². The van der Waals surface area contributed by atoms with Crippen molar-refractivity contribution in [3.63, 3.8) is 0 Å². The summed E-state index contributed by atoms with van der Waals surface area (Å²) in [6.07, 6.45) is -3.82. The Morgan fingerprint density at radius 3 is 2.71 bits per heavy atom. The van der Waals surface area contributed by atoms with E-state index in [0.29, 0.717) is 6.54 Å². The standard InChI is InChI=1S/C12H14F3N5S/c1-20(5-4-8-3-2-6-21-8)10-7-9(12(13,14)15)17-11(18-10)19-16/h2-3,6-7H,4-5,16H2,1H3,(H,17,18,19). The number of halogens is 3. The Hall–Kier alpha value is -1.87. The van der Waals surface area contributed by atoms with Crippen molar-refractivity contribution in [1.29, 1.82) is 0 Å². The molecule has 2 rings (SSSR count). The minimum Gasteiger partial charge on any atom is -0.359 e. The minimum absolute atomic E-state index is 0.168. The number of rotatable bonds is 5. The molecular weight excluding hydrogens is 303 g/mol. The zero-order chi connectivity index (χ0) is 15.5. The molecule has 3 N–H and O–H groups in total. The molecule has 2 aromatic heterocycles. The quantitative estimate of drug-likeness (QED) is 0.655. The van der Waals surface area contributed by atoms with Crippen LogP contribution in [0.3, 0.4) is 0 Å². The van der Waals surface area contributed by atoms with Crippen molar-refractivity contribution in [3.8, 4) is 0 Å². The fourth-order valence-corrected chi connectivity index (χ4v) is 2.39. The summed E-state index contributed by atoms with van der Waals surface area (Å²) >= 11 is 1.60. The SMILES string of the molecule is CN(CCc1cccs1)c1cc(C(F)(F)F)nc(NN)n1. The van der Waals surface area contributed by atoms with Gasteiger partial charge in [0.05, 0.1) is 0 Å². The molecule has 9 heteroatoms. The van der Waals surface area contributed by atoms with Crippen LogP contribution in [0.25, 0.3) is 0 Å². The Morgan fingerprint density at radius 2 is 2.14 bits per heavy atom. The predicted octanol–water partition coefficient (Wildman–Crippen LogP) is 2.52. The summed E-state index contributed by atoms with van der Waals surface area (Å²) in [7, 11) is 1.68. The fourth-order valence-electron chi connectivity index (χ4n) is 1.69. The van der Waals surface area contributed by atoms with Gasteiger partial charge in [0.25, 0.3) is 0 Å². The molecule has 21 heavy (non-hydrogen) atoms. The third kappa shape index (κ3) is 4.05. The Bertz CT molecular complexity index is 585. The highest BCUT2D eigenvalue weighted by Crippen LogP contribution is 2.30. The predicted molar refractivity (Wildman–Crippen MR) is 76.1 cm³/mol. The Kier molecular flexibility index (Phi) is 4.63. The molecule has 0 aromatic carbocycles. The van der Waals surface area contributed by atoms with Gasteiger partial charge in [-0.15, -0.1) is 11.3 Å². The molecule has 0 saturated carbocycles.